The van der Waals surface area contributed by atoms with E-state index >= 15 is 0 Å². The van der Waals surface area contributed by atoms with Gasteiger partial charge >= 0.3 is 6.03 Å². The van der Waals surface area contributed by atoms with Gasteiger partial charge in [0.2, 0.25) is 10.0 Å². The number of urea groups is 1. The summed E-state index contributed by atoms with van der Waals surface area (Å²) in [5.41, 5.74) is 0. The second kappa shape index (κ2) is 8.27. The highest BCUT2D eigenvalue weighted by atomic mass is 32.2. The lowest BCUT2D eigenvalue weighted by Crippen LogP contribution is -2.54. The predicted molar refractivity (Wildman–Crippen MR) is 87.8 cm³/mol. The van der Waals surface area contributed by atoms with Crippen LogP contribution in [0.25, 0.3) is 0 Å². The molecule has 2 unspecified atom stereocenters. The second-order valence-corrected chi connectivity index (χ2v) is 8.14. The molecule has 9 heteroatoms. The molecule has 2 aliphatic rings. The Kier molecular flexibility index (Phi) is 6.63. The van der Waals surface area contributed by atoms with Crippen molar-refractivity contribution in [3.8, 4) is 0 Å². The smallest absolute Gasteiger partial charge is 0.317 e. The van der Waals surface area contributed by atoms with Crippen LogP contribution in [0.2, 0.25) is 0 Å². The Morgan fingerprint density at radius 3 is 2.65 bits per heavy atom. The van der Waals surface area contributed by atoms with E-state index in [9.17, 15) is 13.2 Å². The molecule has 0 saturated carbocycles. The van der Waals surface area contributed by atoms with Gasteiger partial charge in [-0.1, -0.05) is 0 Å². The summed E-state index contributed by atoms with van der Waals surface area (Å²) in [6, 6.07) is -0.0520. The van der Waals surface area contributed by atoms with E-state index in [4.69, 9.17) is 4.74 Å². The van der Waals surface area contributed by atoms with Crippen LogP contribution in [0.15, 0.2) is 0 Å². The molecule has 2 rings (SSSR count). The van der Waals surface area contributed by atoms with Crippen LogP contribution >= 0.6 is 0 Å². The third-order valence-electron chi connectivity index (χ3n) is 4.31. The van der Waals surface area contributed by atoms with Crippen molar-refractivity contribution in [1.29, 1.82) is 0 Å². The van der Waals surface area contributed by atoms with Gasteiger partial charge in [0.15, 0.2) is 0 Å². The summed E-state index contributed by atoms with van der Waals surface area (Å²) in [6.45, 7) is 7.02. The number of morpholine rings is 1. The van der Waals surface area contributed by atoms with Gasteiger partial charge in [-0.05, 0) is 19.8 Å². The summed E-state index contributed by atoms with van der Waals surface area (Å²) in [4.78, 5) is 16.3. The molecule has 2 saturated heterocycles. The first-order chi connectivity index (χ1) is 10.8. The van der Waals surface area contributed by atoms with Crippen molar-refractivity contribution in [3.05, 3.63) is 0 Å². The topological polar surface area (TPSA) is 91.0 Å². The Morgan fingerprint density at radius 2 is 2.00 bits per heavy atom. The van der Waals surface area contributed by atoms with Crippen molar-refractivity contribution < 1.29 is 17.9 Å². The lowest BCUT2D eigenvalue weighted by atomic mass is 10.1. The average Bonchev–Trinajstić information content (AvgIpc) is 2.51. The number of rotatable bonds is 5. The first-order valence-electron chi connectivity index (χ1n) is 8.17. The third kappa shape index (κ3) is 6.25. The van der Waals surface area contributed by atoms with E-state index in [2.05, 4.69) is 21.9 Å². The van der Waals surface area contributed by atoms with Gasteiger partial charge in [-0.25, -0.2) is 17.9 Å². The first-order valence-corrected chi connectivity index (χ1v) is 10.1. The van der Waals surface area contributed by atoms with Gasteiger partial charge in [0.05, 0.1) is 19.5 Å². The summed E-state index contributed by atoms with van der Waals surface area (Å²) in [6.07, 6.45) is 2.72. The maximum atomic E-state index is 12.3. The number of ether oxygens (including phenoxy) is 1. The monoisotopic (exact) mass is 348 g/mol. The molecule has 0 radical (unpaired) electrons. The minimum Gasteiger partial charge on any atom is -0.379 e. The minimum absolute atomic E-state index is 0.120. The summed E-state index contributed by atoms with van der Waals surface area (Å²) >= 11 is 0. The second-order valence-electron chi connectivity index (χ2n) is 6.36. The molecule has 0 aromatic carbocycles. The number of nitrogens with one attached hydrogen (secondary N) is 2. The predicted octanol–water partition coefficient (Wildman–Crippen LogP) is -0.570. The summed E-state index contributed by atoms with van der Waals surface area (Å²) in [7, 11) is -3.24. The summed E-state index contributed by atoms with van der Waals surface area (Å²) in [5.74, 6) is 0. The molecule has 2 N–H and O–H groups in total. The van der Waals surface area contributed by atoms with E-state index in [1.165, 1.54) is 0 Å². The molecule has 2 amide bonds. The van der Waals surface area contributed by atoms with E-state index in [1.54, 1.807) is 4.90 Å². The zero-order valence-electron chi connectivity index (χ0n) is 14.0. The molecule has 2 atom stereocenters. The number of nitrogens with zero attached hydrogens (tertiary/aromatic N) is 2. The Balaban J connectivity index is 1.76. The van der Waals surface area contributed by atoms with Crippen LogP contribution in [0.3, 0.4) is 0 Å². The zero-order chi connectivity index (χ0) is 16.9. The van der Waals surface area contributed by atoms with Gasteiger partial charge in [-0.3, -0.25) is 4.90 Å². The maximum absolute atomic E-state index is 12.3. The lowest BCUT2D eigenvalue weighted by molar-refractivity contribution is 0.0206. The van der Waals surface area contributed by atoms with Gasteiger partial charge in [-0.15, -0.1) is 0 Å². The van der Waals surface area contributed by atoms with Crippen molar-refractivity contribution in [2.75, 3.05) is 52.2 Å². The molecule has 2 heterocycles. The number of piperidine rings is 1. The molecule has 0 spiro atoms. The third-order valence-corrected chi connectivity index (χ3v) is 5.07. The number of carbonyl (C=O) groups is 1. The number of carbonyl (C=O) groups excluding carboxylic acids is 1. The van der Waals surface area contributed by atoms with Crippen molar-refractivity contribution in [1.82, 2.24) is 19.8 Å². The molecule has 2 fully saturated rings. The highest BCUT2D eigenvalue weighted by molar-refractivity contribution is 7.88. The van der Waals surface area contributed by atoms with E-state index in [0.717, 1.165) is 45.4 Å². The number of likely N-dealkylation sites (tertiary alicyclic amines) is 1. The highest BCUT2D eigenvalue weighted by Gasteiger charge is 2.26. The van der Waals surface area contributed by atoms with Gasteiger partial charge in [0.1, 0.15) is 0 Å². The molecule has 134 valence electrons. The molecule has 0 aromatic heterocycles. The van der Waals surface area contributed by atoms with Gasteiger partial charge < -0.3 is 15.0 Å². The standard InChI is InChI=1S/C14H28N4O4S/c1-12(17-6-8-22-9-7-17)10-15-14(19)18-5-3-4-13(11-18)16-23(2,20)21/h12-13,16H,3-11H2,1-2H3,(H,15,19). The fourth-order valence-electron chi connectivity index (χ4n) is 3.05. The molecule has 0 bridgehead atoms. The lowest BCUT2D eigenvalue weighted by Gasteiger charge is -2.35. The van der Waals surface area contributed by atoms with Crippen molar-refractivity contribution >= 4 is 16.1 Å². The van der Waals surface area contributed by atoms with Crippen molar-refractivity contribution in [2.45, 2.75) is 31.8 Å². The molecular weight excluding hydrogens is 320 g/mol. The normalized spacial score (nSPS) is 25.1. The van der Waals surface area contributed by atoms with Crippen molar-refractivity contribution in [3.63, 3.8) is 0 Å². The number of hydrogen-bond donors (Lipinski definition) is 2. The van der Waals surface area contributed by atoms with Crippen LogP contribution in [-0.4, -0.2) is 88.5 Å². The molecule has 2 aliphatic heterocycles. The SMILES string of the molecule is CC(CNC(=O)N1CCCC(NS(C)(=O)=O)C1)N1CCOCC1. The van der Waals surface area contributed by atoms with Gasteiger partial charge in [0, 0.05) is 44.8 Å². The quantitative estimate of drug-likeness (QED) is 0.694. The zero-order valence-corrected chi connectivity index (χ0v) is 14.8. The number of hydrogen-bond acceptors (Lipinski definition) is 5. The van der Waals surface area contributed by atoms with E-state index in [-0.39, 0.29) is 18.1 Å². The van der Waals surface area contributed by atoms with Crippen LogP contribution in [0.5, 0.6) is 0 Å². The van der Waals surface area contributed by atoms with Crippen molar-refractivity contribution in [2.24, 2.45) is 0 Å². The number of amides is 2. The largest absolute Gasteiger partial charge is 0.379 e. The van der Waals surface area contributed by atoms with Crippen LogP contribution < -0.4 is 10.0 Å². The van der Waals surface area contributed by atoms with Gasteiger partial charge in [0.25, 0.3) is 0 Å². The Morgan fingerprint density at radius 1 is 1.30 bits per heavy atom. The van der Waals surface area contributed by atoms with E-state index in [1.807, 2.05) is 0 Å². The summed E-state index contributed by atoms with van der Waals surface area (Å²) < 4.78 is 30.6. The molecular formula is C14H28N4O4S. The van der Waals surface area contributed by atoms with Crippen LogP contribution in [0.1, 0.15) is 19.8 Å². The molecule has 0 aliphatic carbocycles. The average molecular weight is 348 g/mol. The first kappa shape index (κ1) is 18.4. The highest BCUT2D eigenvalue weighted by Crippen LogP contribution is 2.11. The fraction of sp³-hybridized carbons (Fsp3) is 0.929. The fourth-order valence-corrected chi connectivity index (χ4v) is 3.85. The van der Waals surface area contributed by atoms with Crippen LogP contribution in [0.4, 0.5) is 4.79 Å². The van der Waals surface area contributed by atoms with Crippen LogP contribution in [0, 0.1) is 0 Å². The molecule has 8 nitrogen and oxygen atoms in total. The summed E-state index contributed by atoms with van der Waals surface area (Å²) in [5, 5.41) is 2.96. The van der Waals surface area contributed by atoms with E-state index < -0.39 is 10.0 Å². The Bertz CT molecular complexity index is 493. The Labute approximate surface area is 138 Å². The maximum Gasteiger partial charge on any atom is 0.317 e. The molecule has 0 aromatic rings. The van der Waals surface area contributed by atoms with Gasteiger partial charge in [-0.2, -0.15) is 0 Å². The molecule has 23 heavy (non-hydrogen) atoms. The van der Waals surface area contributed by atoms with Crippen LogP contribution in [-0.2, 0) is 14.8 Å². The Hall–Kier alpha value is -0.900. The number of sulfonamides is 1. The van der Waals surface area contributed by atoms with E-state index in [0.29, 0.717) is 19.6 Å². The minimum atomic E-state index is -3.24.